The molecule has 1 aromatic carbocycles. The predicted octanol–water partition coefficient (Wildman–Crippen LogP) is 2.48. The van der Waals surface area contributed by atoms with Gasteiger partial charge in [0.15, 0.2) is 0 Å². The summed E-state index contributed by atoms with van der Waals surface area (Å²) in [5.41, 5.74) is 7.36. The van der Waals surface area contributed by atoms with Crippen LogP contribution in [0.4, 0.5) is 10.1 Å². The Bertz CT molecular complexity index is 514. The normalized spacial score (nSPS) is 10.1. The SMILES string of the molecule is COc1ccc(F)cc1-c1ncccc1N. The summed E-state index contributed by atoms with van der Waals surface area (Å²) in [6.07, 6.45) is 1.61. The van der Waals surface area contributed by atoms with E-state index in [0.717, 1.165) is 0 Å². The van der Waals surface area contributed by atoms with E-state index in [1.807, 2.05) is 0 Å². The van der Waals surface area contributed by atoms with Gasteiger partial charge in [-0.3, -0.25) is 4.98 Å². The quantitative estimate of drug-likeness (QED) is 0.842. The molecule has 0 spiro atoms. The van der Waals surface area contributed by atoms with Crippen molar-refractivity contribution in [2.24, 2.45) is 0 Å². The molecule has 4 heteroatoms. The lowest BCUT2D eigenvalue weighted by atomic mass is 10.1. The monoisotopic (exact) mass is 218 g/mol. The van der Waals surface area contributed by atoms with Gasteiger partial charge in [-0.2, -0.15) is 0 Å². The van der Waals surface area contributed by atoms with Gasteiger partial charge in [0, 0.05) is 11.8 Å². The molecule has 0 aliphatic carbocycles. The lowest BCUT2D eigenvalue weighted by Gasteiger charge is -2.09. The van der Waals surface area contributed by atoms with E-state index < -0.39 is 0 Å². The van der Waals surface area contributed by atoms with Gasteiger partial charge >= 0.3 is 0 Å². The van der Waals surface area contributed by atoms with Crippen LogP contribution < -0.4 is 10.5 Å². The van der Waals surface area contributed by atoms with Crippen LogP contribution in [-0.4, -0.2) is 12.1 Å². The summed E-state index contributed by atoms with van der Waals surface area (Å²) >= 11 is 0. The van der Waals surface area contributed by atoms with Crippen LogP contribution in [0.3, 0.4) is 0 Å². The summed E-state index contributed by atoms with van der Waals surface area (Å²) < 4.78 is 18.3. The number of nitrogens with zero attached hydrogens (tertiary/aromatic N) is 1. The van der Waals surface area contributed by atoms with Gasteiger partial charge in [-0.05, 0) is 30.3 Å². The molecule has 16 heavy (non-hydrogen) atoms. The third kappa shape index (κ3) is 1.82. The smallest absolute Gasteiger partial charge is 0.128 e. The second-order valence-electron chi connectivity index (χ2n) is 3.29. The molecule has 1 heterocycles. The Morgan fingerprint density at radius 1 is 1.31 bits per heavy atom. The average Bonchev–Trinajstić information content (AvgIpc) is 2.29. The van der Waals surface area contributed by atoms with Crippen LogP contribution in [0.5, 0.6) is 5.75 Å². The number of methoxy groups -OCH3 is 1. The minimum atomic E-state index is -0.346. The molecule has 0 radical (unpaired) electrons. The largest absolute Gasteiger partial charge is 0.496 e. The number of hydrogen-bond donors (Lipinski definition) is 1. The van der Waals surface area contributed by atoms with Crippen molar-refractivity contribution >= 4 is 5.69 Å². The summed E-state index contributed by atoms with van der Waals surface area (Å²) in [5, 5.41) is 0. The first kappa shape index (κ1) is 10.4. The lowest BCUT2D eigenvalue weighted by molar-refractivity contribution is 0.415. The van der Waals surface area contributed by atoms with E-state index in [1.54, 1.807) is 24.4 Å². The van der Waals surface area contributed by atoms with Crippen molar-refractivity contribution in [2.45, 2.75) is 0 Å². The van der Waals surface area contributed by atoms with Gasteiger partial charge in [0.25, 0.3) is 0 Å². The van der Waals surface area contributed by atoms with Crippen LogP contribution in [0.1, 0.15) is 0 Å². The maximum atomic E-state index is 13.2. The number of ether oxygens (including phenoxy) is 1. The van der Waals surface area contributed by atoms with Gasteiger partial charge in [-0.25, -0.2) is 4.39 Å². The minimum absolute atomic E-state index is 0.346. The molecular weight excluding hydrogens is 207 g/mol. The molecule has 1 aromatic heterocycles. The number of hydrogen-bond acceptors (Lipinski definition) is 3. The van der Waals surface area contributed by atoms with E-state index >= 15 is 0 Å². The van der Waals surface area contributed by atoms with Crippen LogP contribution in [-0.2, 0) is 0 Å². The maximum Gasteiger partial charge on any atom is 0.128 e. The summed E-state index contributed by atoms with van der Waals surface area (Å²) in [4.78, 5) is 4.13. The van der Waals surface area contributed by atoms with Crippen molar-refractivity contribution in [1.82, 2.24) is 4.98 Å². The number of rotatable bonds is 2. The molecule has 0 unspecified atom stereocenters. The second kappa shape index (κ2) is 4.18. The predicted molar refractivity (Wildman–Crippen MR) is 60.6 cm³/mol. The molecule has 82 valence electrons. The Balaban J connectivity index is 2.63. The number of aromatic nitrogens is 1. The van der Waals surface area contributed by atoms with Crippen LogP contribution in [0.2, 0.25) is 0 Å². The fourth-order valence-electron chi connectivity index (χ4n) is 1.51. The van der Waals surface area contributed by atoms with Gasteiger partial charge in [0.1, 0.15) is 11.6 Å². The van der Waals surface area contributed by atoms with E-state index in [1.165, 1.54) is 19.2 Å². The van der Waals surface area contributed by atoms with Gasteiger partial charge in [0.2, 0.25) is 0 Å². The van der Waals surface area contributed by atoms with Crippen molar-refractivity contribution < 1.29 is 9.13 Å². The lowest BCUT2D eigenvalue weighted by Crippen LogP contribution is -1.95. The Hall–Kier alpha value is -2.10. The number of pyridine rings is 1. The second-order valence-corrected chi connectivity index (χ2v) is 3.29. The van der Waals surface area contributed by atoms with E-state index in [2.05, 4.69) is 4.98 Å². The molecule has 3 nitrogen and oxygen atoms in total. The first-order chi connectivity index (χ1) is 7.72. The number of anilines is 1. The van der Waals surface area contributed by atoms with Crippen LogP contribution in [0.15, 0.2) is 36.5 Å². The van der Waals surface area contributed by atoms with Crippen LogP contribution in [0.25, 0.3) is 11.3 Å². The fourth-order valence-corrected chi connectivity index (χ4v) is 1.51. The van der Waals surface area contributed by atoms with Gasteiger partial charge in [0.05, 0.1) is 18.5 Å². The third-order valence-corrected chi connectivity index (χ3v) is 2.26. The fraction of sp³-hybridized carbons (Fsp3) is 0.0833. The molecule has 0 saturated carbocycles. The standard InChI is InChI=1S/C12H11FN2O/c1-16-11-5-4-8(13)7-9(11)12-10(14)3-2-6-15-12/h2-7H,14H2,1H3. The highest BCUT2D eigenvalue weighted by molar-refractivity contribution is 5.76. The van der Waals surface area contributed by atoms with Crippen molar-refractivity contribution in [3.05, 3.63) is 42.3 Å². The molecule has 0 aliphatic rings. The molecule has 0 saturated heterocycles. The summed E-state index contributed by atoms with van der Waals surface area (Å²) in [7, 11) is 1.52. The summed E-state index contributed by atoms with van der Waals surface area (Å²) in [6.45, 7) is 0. The number of nitrogen functional groups attached to an aromatic ring is 1. The first-order valence-electron chi connectivity index (χ1n) is 4.77. The Morgan fingerprint density at radius 3 is 2.81 bits per heavy atom. The molecule has 0 fully saturated rings. The Morgan fingerprint density at radius 2 is 2.12 bits per heavy atom. The van der Waals surface area contributed by atoms with Crippen molar-refractivity contribution in [2.75, 3.05) is 12.8 Å². The highest BCUT2D eigenvalue weighted by atomic mass is 19.1. The molecule has 0 atom stereocenters. The molecular formula is C12H11FN2O. The zero-order valence-electron chi connectivity index (χ0n) is 8.77. The highest BCUT2D eigenvalue weighted by Gasteiger charge is 2.10. The van der Waals surface area contributed by atoms with Crippen molar-refractivity contribution in [3.63, 3.8) is 0 Å². The van der Waals surface area contributed by atoms with Gasteiger partial charge in [-0.1, -0.05) is 0 Å². The number of halogens is 1. The summed E-state index contributed by atoms with van der Waals surface area (Å²) in [6, 6.07) is 7.69. The zero-order chi connectivity index (χ0) is 11.5. The van der Waals surface area contributed by atoms with Crippen molar-refractivity contribution in [1.29, 1.82) is 0 Å². The Kier molecular flexibility index (Phi) is 2.72. The highest BCUT2D eigenvalue weighted by Crippen LogP contribution is 2.32. The molecule has 0 amide bonds. The molecule has 2 aromatic rings. The molecule has 2 N–H and O–H groups in total. The van der Waals surface area contributed by atoms with E-state index in [9.17, 15) is 4.39 Å². The Labute approximate surface area is 92.7 Å². The van der Waals surface area contributed by atoms with E-state index in [4.69, 9.17) is 10.5 Å². The van der Waals surface area contributed by atoms with Crippen LogP contribution >= 0.6 is 0 Å². The van der Waals surface area contributed by atoms with Crippen molar-refractivity contribution in [3.8, 4) is 17.0 Å². The third-order valence-electron chi connectivity index (χ3n) is 2.26. The van der Waals surface area contributed by atoms with E-state index in [0.29, 0.717) is 22.7 Å². The topological polar surface area (TPSA) is 48.1 Å². The first-order valence-corrected chi connectivity index (χ1v) is 4.77. The number of benzene rings is 1. The maximum absolute atomic E-state index is 13.2. The molecule has 0 bridgehead atoms. The van der Waals surface area contributed by atoms with Crippen LogP contribution in [0, 0.1) is 5.82 Å². The minimum Gasteiger partial charge on any atom is -0.496 e. The molecule has 0 aliphatic heterocycles. The van der Waals surface area contributed by atoms with Gasteiger partial charge in [-0.15, -0.1) is 0 Å². The average molecular weight is 218 g/mol. The number of nitrogens with two attached hydrogens (primary N) is 1. The van der Waals surface area contributed by atoms with E-state index in [-0.39, 0.29) is 5.82 Å². The van der Waals surface area contributed by atoms with Gasteiger partial charge < -0.3 is 10.5 Å². The summed E-state index contributed by atoms with van der Waals surface area (Å²) in [5.74, 6) is 0.202. The molecule has 2 rings (SSSR count). The zero-order valence-corrected chi connectivity index (χ0v) is 8.77.